The number of rotatable bonds is 6. The lowest BCUT2D eigenvalue weighted by molar-refractivity contribution is -0.133. The number of halogens is 2. The minimum atomic E-state index is -0.736. The third-order valence-electron chi connectivity index (χ3n) is 3.54. The Bertz CT molecular complexity index is 705. The van der Waals surface area contributed by atoms with Crippen molar-refractivity contribution in [2.24, 2.45) is 0 Å². The standard InChI is InChI=1S/C15H16Cl2N4O4/c1-21(12(23)6-5-10-14(24)20-15(25)18-10)7-11(22)19-13-8(16)3-2-4-9(13)17/h2-4,10H,5-7H2,1H3,(H,19,22)(H2,18,20,24,25)/t10-/m0/s1. The van der Waals surface area contributed by atoms with E-state index in [1.165, 1.54) is 11.9 Å². The molecule has 2 rings (SSSR count). The van der Waals surface area contributed by atoms with Crippen LogP contribution in [0.5, 0.6) is 0 Å². The quantitative estimate of drug-likeness (QED) is 0.641. The van der Waals surface area contributed by atoms with Crippen molar-refractivity contribution in [2.75, 3.05) is 18.9 Å². The van der Waals surface area contributed by atoms with Gasteiger partial charge in [0, 0.05) is 13.5 Å². The van der Waals surface area contributed by atoms with Gasteiger partial charge >= 0.3 is 6.03 Å². The van der Waals surface area contributed by atoms with Crippen LogP contribution in [0.2, 0.25) is 10.0 Å². The zero-order chi connectivity index (χ0) is 18.6. The van der Waals surface area contributed by atoms with Crippen LogP contribution >= 0.6 is 23.2 Å². The number of urea groups is 1. The summed E-state index contributed by atoms with van der Waals surface area (Å²) in [7, 11) is 1.46. The zero-order valence-electron chi connectivity index (χ0n) is 13.3. The number of nitrogens with zero attached hydrogens (tertiary/aromatic N) is 1. The van der Waals surface area contributed by atoms with Crippen molar-refractivity contribution in [3.8, 4) is 0 Å². The highest BCUT2D eigenvalue weighted by molar-refractivity contribution is 6.39. The van der Waals surface area contributed by atoms with E-state index in [1.54, 1.807) is 18.2 Å². The van der Waals surface area contributed by atoms with Crippen molar-refractivity contribution in [3.05, 3.63) is 28.2 Å². The summed E-state index contributed by atoms with van der Waals surface area (Å²) in [5.41, 5.74) is 0.280. The summed E-state index contributed by atoms with van der Waals surface area (Å²) in [6.07, 6.45) is 0.160. The van der Waals surface area contributed by atoms with Gasteiger partial charge in [0.25, 0.3) is 5.91 Å². The first kappa shape index (κ1) is 19.0. The molecule has 1 aliphatic heterocycles. The Balaban J connectivity index is 1.83. The number of anilines is 1. The maximum absolute atomic E-state index is 12.1. The van der Waals surface area contributed by atoms with Gasteiger partial charge in [-0.2, -0.15) is 0 Å². The number of para-hydroxylation sites is 1. The third-order valence-corrected chi connectivity index (χ3v) is 4.17. The first-order valence-corrected chi connectivity index (χ1v) is 8.12. The Morgan fingerprint density at radius 2 is 1.88 bits per heavy atom. The van der Waals surface area contributed by atoms with Gasteiger partial charge in [-0.15, -0.1) is 0 Å². The van der Waals surface area contributed by atoms with E-state index in [4.69, 9.17) is 23.2 Å². The Hall–Kier alpha value is -2.32. The summed E-state index contributed by atoms with van der Waals surface area (Å²) in [5, 5.41) is 7.63. The summed E-state index contributed by atoms with van der Waals surface area (Å²) in [4.78, 5) is 47.7. The molecule has 0 aromatic heterocycles. The molecule has 1 atom stereocenters. The monoisotopic (exact) mass is 386 g/mol. The van der Waals surface area contributed by atoms with E-state index in [0.29, 0.717) is 0 Å². The number of benzene rings is 1. The molecular weight excluding hydrogens is 371 g/mol. The van der Waals surface area contributed by atoms with Gasteiger partial charge in [-0.25, -0.2) is 4.79 Å². The lowest BCUT2D eigenvalue weighted by Gasteiger charge is -2.18. The molecule has 134 valence electrons. The van der Waals surface area contributed by atoms with Crippen LogP contribution in [0.25, 0.3) is 0 Å². The average Bonchev–Trinajstić information content (AvgIpc) is 2.86. The second-order valence-corrected chi connectivity index (χ2v) is 6.26. The van der Waals surface area contributed by atoms with Crippen LogP contribution in [0.3, 0.4) is 0 Å². The fraction of sp³-hybridized carbons (Fsp3) is 0.333. The predicted molar refractivity (Wildman–Crippen MR) is 92.4 cm³/mol. The van der Waals surface area contributed by atoms with Crippen molar-refractivity contribution < 1.29 is 19.2 Å². The maximum atomic E-state index is 12.1. The molecule has 25 heavy (non-hydrogen) atoms. The van der Waals surface area contributed by atoms with E-state index in [2.05, 4.69) is 16.0 Å². The normalized spacial score (nSPS) is 16.2. The van der Waals surface area contributed by atoms with E-state index < -0.39 is 23.9 Å². The molecule has 3 N–H and O–H groups in total. The van der Waals surface area contributed by atoms with E-state index >= 15 is 0 Å². The molecule has 0 aliphatic carbocycles. The van der Waals surface area contributed by atoms with Crippen molar-refractivity contribution >= 4 is 52.6 Å². The number of carbonyl (C=O) groups is 4. The smallest absolute Gasteiger partial charge is 0.322 e. The summed E-state index contributed by atoms with van der Waals surface area (Å²) in [6.45, 7) is -0.205. The zero-order valence-corrected chi connectivity index (χ0v) is 14.8. The Kier molecular flexibility index (Phi) is 6.22. The van der Waals surface area contributed by atoms with Gasteiger partial charge in [0.2, 0.25) is 11.8 Å². The molecule has 0 bridgehead atoms. The van der Waals surface area contributed by atoms with Crippen LogP contribution in [0.1, 0.15) is 12.8 Å². The van der Waals surface area contributed by atoms with Crippen molar-refractivity contribution in [1.29, 1.82) is 0 Å². The molecule has 1 saturated heterocycles. The molecule has 1 fully saturated rings. The summed E-state index contributed by atoms with van der Waals surface area (Å²) in [6, 6.07) is 3.50. The van der Waals surface area contributed by atoms with E-state index in [1.807, 2.05) is 0 Å². The molecule has 0 unspecified atom stereocenters. The van der Waals surface area contributed by atoms with Crippen LogP contribution in [-0.4, -0.2) is 48.3 Å². The van der Waals surface area contributed by atoms with Crippen molar-refractivity contribution in [3.63, 3.8) is 0 Å². The van der Waals surface area contributed by atoms with Crippen LogP contribution in [0.4, 0.5) is 10.5 Å². The first-order chi connectivity index (χ1) is 11.8. The molecule has 0 saturated carbocycles. The Morgan fingerprint density at radius 3 is 2.44 bits per heavy atom. The molecule has 10 heteroatoms. The highest BCUT2D eigenvalue weighted by Crippen LogP contribution is 2.29. The van der Waals surface area contributed by atoms with Gasteiger partial charge < -0.3 is 15.5 Å². The topological polar surface area (TPSA) is 108 Å². The molecule has 1 aromatic carbocycles. The summed E-state index contributed by atoms with van der Waals surface area (Å²) < 4.78 is 0. The fourth-order valence-electron chi connectivity index (χ4n) is 2.22. The van der Waals surface area contributed by atoms with Crippen molar-refractivity contribution in [1.82, 2.24) is 15.5 Å². The van der Waals surface area contributed by atoms with Crippen molar-refractivity contribution in [2.45, 2.75) is 18.9 Å². The Morgan fingerprint density at radius 1 is 1.24 bits per heavy atom. The van der Waals surface area contributed by atoms with Gasteiger partial charge in [-0.05, 0) is 18.6 Å². The van der Waals surface area contributed by atoms with Gasteiger partial charge in [-0.3, -0.25) is 19.7 Å². The number of carbonyl (C=O) groups excluding carboxylic acids is 4. The maximum Gasteiger partial charge on any atom is 0.322 e. The molecular formula is C15H16Cl2N4O4. The third kappa shape index (κ3) is 5.07. The second-order valence-electron chi connectivity index (χ2n) is 5.45. The summed E-state index contributed by atoms with van der Waals surface area (Å²) in [5.74, 6) is -1.27. The number of likely N-dealkylation sites (N-methyl/N-ethyl adjacent to an activating group) is 1. The second kappa shape index (κ2) is 8.17. The largest absolute Gasteiger partial charge is 0.336 e. The Labute approximate surface area is 153 Å². The molecule has 0 spiro atoms. The van der Waals surface area contributed by atoms with E-state index in [-0.39, 0.29) is 41.0 Å². The molecule has 1 aromatic rings. The number of hydrogen-bond donors (Lipinski definition) is 3. The van der Waals surface area contributed by atoms with Crippen LogP contribution in [0, 0.1) is 0 Å². The summed E-state index contributed by atoms with van der Waals surface area (Å²) >= 11 is 11.9. The van der Waals surface area contributed by atoms with Crippen LogP contribution in [0.15, 0.2) is 18.2 Å². The van der Waals surface area contributed by atoms with E-state index in [0.717, 1.165) is 0 Å². The molecule has 1 aliphatic rings. The lowest BCUT2D eigenvalue weighted by Crippen LogP contribution is -2.36. The highest BCUT2D eigenvalue weighted by atomic mass is 35.5. The van der Waals surface area contributed by atoms with Gasteiger partial charge in [0.05, 0.1) is 22.3 Å². The highest BCUT2D eigenvalue weighted by Gasteiger charge is 2.30. The number of amides is 5. The lowest BCUT2D eigenvalue weighted by atomic mass is 10.1. The van der Waals surface area contributed by atoms with Crippen LogP contribution in [-0.2, 0) is 14.4 Å². The number of nitrogens with one attached hydrogen (secondary N) is 3. The van der Waals surface area contributed by atoms with Gasteiger partial charge in [0.15, 0.2) is 0 Å². The molecule has 8 nitrogen and oxygen atoms in total. The molecule has 5 amide bonds. The fourth-order valence-corrected chi connectivity index (χ4v) is 2.71. The minimum Gasteiger partial charge on any atom is -0.336 e. The SMILES string of the molecule is CN(CC(=O)Nc1c(Cl)cccc1Cl)C(=O)CC[C@@H]1NC(=O)NC1=O. The number of imide groups is 1. The predicted octanol–water partition coefficient (Wildman–Crippen LogP) is 1.38. The van der Waals surface area contributed by atoms with Crippen LogP contribution < -0.4 is 16.0 Å². The van der Waals surface area contributed by atoms with E-state index in [9.17, 15) is 19.2 Å². The van der Waals surface area contributed by atoms with Gasteiger partial charge in [-0.1, -0.05) is 29.3 Å². The average molecular weight is 387 g/mol. The molecule has 0 radical (unpaired) electrons. The molecule has 1 heterocycles. The van der Waals surface area contributed by atoms with Gasteiger partial charge in [0.1, 0.15) is 6.04 Å². The minimum absolute atomic E-state index is 0.00892. The number of hydrogen-bond acceptors (Lipinski definition) is 4. The first-order valence-electron chi connectivity index (χ1n) is 7.37.